The maximum atomic E-state index is 12.0. The summed E-state index contributed by atoms with van der Waals surface area (Å²) < 4.78 is 28.8. The minimum Gasteiger partial charge on any atom is -0.384 e. The molecule has 0 saturated carbocycles. The molecule has 0 unspecified atom stereocenters. The van der Waals surface area contributed by atoms with E-state index >= 15 is 0 Å². The van der Waals surface area contributed by atoms with Crippen LogP contribution in [0.25, 0.3) is 10.8 Å². The molecule has 0 fully saturated rings. The van der Waals surface area contributed by atoms with Gasteiger partial charge >= 0.3 is 10.1 Å². The zero-order valence-electron chi connectivity index (χ0n) is 10.4. The van der Waals surface area contributed by atoms with E-state index in [2.05, 4.69) is 6.58 Å². The normalized spacial score (nSPS) is 10.7. The van der Waals surface area contributed by atoms with E-state index in [9.17, 15) is 8.42 Å². The van der Waals surface area contributed by atoms with Crippen LogP contribution in [0.4, 0.5) is 0 Å². The summed E-state index contributed by atoms with van der Waals surface area (Å²) in [6.07, 6.45) is 0. The SMILES string of the molecule is C=C(C)OS(=O)(=O)c1cccc2ccccc12.[Rb]. The fourth-order valence-corrected chi connectivity index (χ4v) is 2.81. The maximum Gasteiger partial charge on any atom is 0.339 e. The summed E-state index contributed by atoms with van der Waals surface area (Å²) in [7, 11) is -3.79. The molecule has 0 saturated heterocycles. The fraction of sp³-hybridized carbons (Fsp3) is 0.0769. The number of fused-ring (bicyclic) bond motifs is 1. The van der Waals surface area contributed by atoms with Gasteiger partial charge < -0.3 is 4.18 Å². The second kappa shape index (κ2) is 6.43. The summed E-state index contributed by atoms with van der Waals surface area (Å²) in [5, 5.41) is 1.51. The quantitative estimate of drug-likeness (QED) is 0.641. The first-order valence-corrected chi connectivity index (χ1v) is 6.49. The second-order valence-electron chi connectivity index (χ2n) is 3.72. The molecule has 0 spiro atoms. The van der Waals surface area contributed by atoms with Crippen molar-refractivity contribution in [2.75, 3.05) is 0 Å². The smallest absolute Gasteiger partial charge is 0.339 e. The Balaban J connectivity index is 0.00000162. The summed E-state index contributed by atoms with van der Waals surface area (Å²) in [5.41, 5.74) is 0. The van der Waals surface area contributed by atoms with Crippen molar-refractivity contribution in [2.45, 2.75) is 11.8 Å². The molecular weight excluding hydrogens is 322 g/mol. The largest absolute Gasteiger partial charge is 0.384 e. The topological polar surface area (TPSA) is 43.4 Å². The molecule has 89 valence electrons. The molecule has 0 aliphatic carbocycles. The van der Waals surface area contributed by atoms with Gasteiger partial charge in [0, 0.05) is 63.6 Å². The zero-order chi connectivity index (χ0) is 12.5. The number of allylic oxidation sites excluding steroid dienone is 1. The fourth-order valence-electron chi connectivity index (χ4n) is 1.65. The molecule has 0 N–H and O–H groups in total. The third-order valence-electron chi connectivity index (χ3n) is 2.27. The molecule has 5 heteroatoms. The third kappa shape index (κ3) is 3.51. The minimum atomic E-state index is -3.79. The van der Waals surface area contributed by atoms with Crippen LogP contribution < -0.4 is 0 Å². The first-order chi connectivity index (χ1) is 8.00. The molecule has 2 aromatic rings. The van der Waals surface area contributed by atoms with Crippen LogP contribution in [0.1, 0.15) is 6.92 Å². The van der Waals surface area contributed by atoms with Gasteiger partial charge in [-0.3, -0.25) is 0 Å². The van der Waals surface area contributed by atoms with E-state index in [4.69, 9.17) is 4.18 Å². The number of benzene rings is 2. The Hall–Kier alpha value is -0.00481. The molecule has 0 aliphatic heterocycles. The summed E-state index contributed by atoms with van der Waals surface area (Å²) in [6.45, 7) is 4.95. The summed E-state index contributed by atoms with van der Waals surface area (Å²) in [4.78, 5) is 0.165. The van der Waals surface area contributed by atoms with Gasteiger partial charge in [-0.15, -0.1) is 0 Å². The third-order valence-corrected chi connectivity index (χ3v) is 3.67. The van der Waals surface area contributed by atoms with Crippen LogP contribution in [0.2, 0.25) is 0 Å². The Labute approximate surface area is 156 Å². The van der Waals surface area contributed by atoms with Gasteiger partial charge in [-0.25, -0.2) is 0 Å². The number of rotatable bonds is 3. The van der Waals surface area contributed by atoms with Crippen LogP contribution in [0.5, 0.6) is 0 Å². The molecule has 0 atom stereocenters. The molecular formula is C13H12O3RbS. The van der Waals surface area contributed by atoms with Crippen LogP contribution in [-0.2, 0) is 14.3 Å². The van der Waals surface area contributed by atoms with E-state index in [-0.39, 0.29) is 68.8 Å². The van der Waals surface area contributed by atoms with Gasteiger partial charge in [0.25, 0.3) is 0 Å². The van der Waals surface area contributed by atoms with Gasteiger partial charge in [-0.05, 0) is 18.4 Å². The van der Waals surface area contributed by atoms with Crippen LogP contribution >= 0.6 is 0 Å². The molecule has 0 heterocycles. The van der Waals surface area contributed by atoms with Crippen LogP contribution in [-0.4, -0.2) is 66.6 Å². The Morgan fingerprint density at radius 1 is 1.11 bits per heavy atom. The van der Waals surface area contributed by atoms with E-state index in [1.807, 2.05) is 18.2 Å². The molecule has 0 aromatic heterocycles. The molecule has 18 heavy (non-hydrogen) atoms. The van der Waals surface area contributed by atoms with Crippen LogP contribution in [0.3, 0.4) is 0 Å². The summed E-state index contributed by atoms with van der Waals surface area (Å²) >= 11 is 0. The Bertz CT molecular complexity index is 672. The van der Waals surface area contributed by atoms with Crippen LogP contribution in [0.15, 0.2) is 59.7 Å². The second-order valence-corrected chi connectivity index (χ2v) is 5.23. The molecule has 1 radical (unpaired) electrons. The Morgan fingerprint density at radius 2 is 1.72 bits per heavy atom. The van der Waals surface area contributed by atoms with E-state index < -0.39 is 10.1 Å². The van der Waals surface area contributed by atoms with Crippen molar-refractivity contribution in [3.05, 3.63) is 54.8 Å². The number of hydrogen-bond acceptors (Lipinski definition) is 3. The van der Waals surface area contributed by atoms with Gasteiger partial charge in [-0.1, -0.05) is 43.0 Å². The van der Waals surface area contributed by atoms with Crippen molar-refractivity contribution >= 4 is 79.1 Å². The average Bonchev–Trinajstić information content (AvgIpc) is 2.26. The van der Waals surface area contributed by atoms with Gasteiger partial charge in [0.15, 0.2) is 0 Å². The first-order valence-electron chi connectivity index (χ1n) is 5.08. The standard InChI is InChI=1S/C13H12O3S.Rb/c1-10(2)16-17(14,15)13-9-5-7-11-6-3-4-8-12(11)13;/h3-9H,1H2,2H3;. The summed E-state index contributed by atoms with van der Waals surface area (Å²) in [5.74, 6) is 0.151. The number of hydrogen-bond donors (Lipinski definition) is 0. The summed E-state index contributed by atoms with van der Waals surface area (Å²) in [6, 6.07) is 12.3. The molecule has 0 bridgehead atoms. The van der Waals surface area contributed by atoms with E-state index in [0.29, 0.717) is 5.39 Å². The van der Waals surface area contributed by atoms with Crippen molar-refractivity contribution in [1.82, 2.24) is 0 Å². The van der Waals surface area contributed by atoms with Crippen LogP contribution in [0, 0.1) is 0 Å². The van der Waals surface area contributed by atoms with E-state index in [0.717, 1.165) is 5.39 Å². The van der Waals surface area contributed by atoms with Gasteiger partial charge in [0.2, 0.25) is 0 Å². The van der Waals surface area contributed by atoms with Crippen molar-refractivity contribution in [2.24, 2.45) is 0 Å². The van der Waals surface area contributed by atoms with E-state index in [1.165, 1.54) is 13.0 Å². The maximum absolute atomic E-state index is 12.0. The van der Waals surface area contributed by atoms with Gasteiger partial charge in [0.05, 0.1) is 0 Å². The van der Waals surface area contributed by atoms with Gasteiger partial charge in [-0.2, -0.15) is 8.42 Å². The zero-order valence-corrected chi connectivity index (χ0v) is 16.1. The first kappa shape index (κ1) is 16.1. The molecule has 0 aliphatic rings. The minimum absolute atomic E-state index is 0. The van der Waals surface area contributed by atoms with Crippen molar-refractivity contribution in [3.63, 3.8) is 0 Å². The molecule has 3 nitrogen and oxygen atoms in total. The van der Waals surface area contributed by atoms with Crippen molar-refractivity contribution in [1.29, 1.82) is 0 Å². The molecule has 0 amide bonds. The van der Waals surface area contributed by atoms with E-state index in [1.54, 1.807) is 18.2 Å². The molecule has 2 rings (SSSR count). The Morgan fingerprint density at radius 3 is 2.39 bits per heavy atom. The average molecular weight is 334 g/mol. The predicted molar refractivity (Wildman–Crippen MR) is 72.8 cm³/mol. The predicted octanol–water partition coefficient (Wildman–Crippen LogP) is 2.70. The van der Waals surface area contributed by atoms with Gasteiger partial charge in [0.1, 0.15) is 10.7 Å². The molecule has 2 aromatic carbocycles. The Kier molecular flexibility index (Phi) is 5.74. The monoisotopic (exact) mass is 333 g/mol. The van der Waals surface area contributed by atoms with Crippen molar-refractivity contribution < 1.29 is 12.6 Å². The van der Waals surface area contributed by atoms with Crippen molar-refractivity contribution in [3.8, 4) is 0 Å².